The van der Waals surface area contributed by atoms with E-state index >= 15 is 0 Å². The maximum atomic E-state index is 13.5. The molecule has 0 radical (unpaired) electrons. The number of carbonyl (C=O) groups is 1. The summed E-state index contributed by atoms with van der Waals surface area (Å²) in [6, 6.07) is 3.05. The highest BCUT2D eigenvalue weighted by molar-refractivity contribution is 6.29. The van der Waals surface area contributed by atoms with Gasteiger partial charge in [0.1, 0.15) is 12.4 Å². The van der Waals surface area contributed by atoms with Crippen LogP contribution >= 0.6 is 11.6 Å². The molecular formula is C18H13ClF3N9O. The standard InChI is InChI=1S/C18H13ClF3N9O/c1-11(15-26-10-29(28-15)17-24-5-2-6-25-17)31(30-8-4-14(19)27-30)16(32)12-3-7-23-9-13(12)18(20,21)22/h2-11H,1H3. The summed E-state index contributed by atoms with van der Waals surface area (Å²) in [5, 5.41) is 9.22. The van der Waals surface area contributed by atoms with Crippen molar-refractivity contribution < 1.29 is 18.0 Å². The Labute approximate surface area is 183 Å². The van der Waals surface area contributed by atoms with Gasteiger partial charge in [-0.3, -0.25) is 9.78 Å². The van der Waals surface area contributed by atoms with E-state index < -0.39 is 29.3 Å². The van der Waals surface area contributed by atoms with Gasteiger partial charge in [-0.2, -0.15) is 22.6 Å². The van der Waals surface area contributed by atoms with Crippen LogP contribution in [-0.4, -0.2) is 45.5 Å². The Kier molecular flexibility index (Phi) is 5.57. The second-order valence-corrected chi connectivity index (χ2v) is 6.79. The van der Waals surface area contributed by atoms with Gasteiger partial charge < -0.3 is 0 Å². The van der Waals surface area contributed by atoms with E-state index in [9.17, 15) is 18.0 Å². The highest BCUT2D eigenvalue weighted by atomic mass is 35.5. The van der Waals surface area contributed by atoms with E-state index in [1.807, 2.05) is 0 Å². The van der Waals surface area contributed by atoms with Gasteiger partial charge in [-0.05, 0) is 25.1 Å². The molecule has 0 aliphatic carbocycles. The first kappa shape index (κ1) is 21.4. The quantitative estimate of drug-likeness (QED) is 0.448. The van der Waals surface area contributed by atoms with E-state index in [0.29, 0.717) is 6.20 Å². The molecule has 0 saturated carbocycles. The molecule has 1 atom stereocenters. The van der Waals surface area contributed by atoms with Crippen LogP contribution in [0.25, 0.3) is 5.95 Å². The molecule has 4 aromatic rings. The van der Waals surface area contributed by atoms with Crippen molar-refractivity contribution in [1.29, 1.82) is 0 Å². The largest absolute Gasteiger partial charge is 0.418 e. The van der Waals surface area contributed by atoms with E-state index in [2.05, 4.69) is 30.1 Å². The number of hydrogen-bond acceptors (Lipinski definition) is 7. The zero-order valence-electron chi connectivity index (χ0n) is 16.2. The van der Waals surface area contributed by atoms with Gasteiger partial charge in [-0.15, -0.1) is 10.2 Å². The van der Waals surface area contributed by atoms with Gasteiger partial charge in [0.05, 0.1) is 17.3 Å². The van der Waals surface area contributed by atoms with Crippen LogP contribution < -0.4 is 5.01 Å². The number of rotatable bonds is 5. The highest BCUT2D eigenvalue weighted by Crippen LogP contribution is 2.32. The van der Waals surface area contributed by atoms with Gasteiger partial charge in [0.25, 0.3) is 11.9 Å². The topological polar surface area (TPSA) is 108 Å². The lowest BCUT2D eigenvalue weighted by molar-refractivity contribution is -0.138. The molecule has 10 nitrogen and oxygen atoms in total. The van der Waals surface area contributed by atoms with Crippen LogP contribution in [0.1, 0.15) is 34.7 Å². The van der Waals surface area contributed by atoms with Crippen molar-refractivity contribution in [2.24, 2.45) is 0 Å². The van der Waals surface area contributed by atoms with E-state index in [0.717, 1.165) is 22.1 Å². The summed E-state index contributed by atoms with van der Waals surface area (Å²) in [6.07, 6.45) is 2.58. The molecule has 0 saturated heterocycles. The van der Waals surface area contributed by atoms with Crippen LogP contribution in [0.5, 0.6) is 0 Å². The zero-order chi connectivity index (χ0) is 22.9. The number of alkyl halides is 3. The number of nitrogens with zero attached hydrogens (tertiary/aromatic N) is 9. The van der Waals surface area contributed by atoms with Crippen LogP contribution in [0.4, 0.5) is 13.2 Å². The summed E-state index contributed by atoms with van der Waals surface area (Å²) in [7, 11) is 0. The van der Waals surface area contributed by atoms with Gasteiger partial charge in [0.2, 0.25) is 0 Å². The zero-order valence-corrected chi connectivity index (χ0v) is 17.0. The Hall–Kier alpha value is -3.87. The Balaban J connectivity index is 1.76. The van der Waals surface area contributed by atoms with Gasteiger partial charge in [-0.25, -0.2) is 20.0 Å². The predicted octanol–water partition coefficient (Wildman–Crippen LogP) is 2.86. The fourth-order valence-corrected chi connectivity index (χ4v) is 3.01. The van der Waals surface area contributed by atoms with Crippen LogP contribution in [0.2, 0.25) is 5.15 Å². The summed E-state index contributed by atoms with van der Waals surface area (Å²) in [5.74, 6) is -0.661. The average Bonchev–Trinajstić information content (AvgIpc) is 3.43. The Morgan fingerprint density at radius 2 is 1.88 bits per heavy atom. The summed E-state index contributed by atoms with van der Waals surface area (Å²) < 4.78 is 41.8. The monoisotopic (exact) mass is 463 g/mol. The minimum absolute atomic E-state index is 0.0388. The fourth-order valence-electron chi connectivity index (χ4n) is 2.87. The maximum Gasteiger partial charge on any atom is 0.418 e. The van der Waals surface area contributed by atoms with Crippen LogP contribution in [-0.2, 0) is 6.18 Å². The van der Waals surface area contributed by atoms with Crippen LogP contribution in [0.15, 0.2) is 55.5 Å². The molecule has 0 aliphatic heterocycles. The number of amides is 1. The molecular weight excluding hydrogens is 451 g/mol. The molecule has 1 unspecified atom stereocenters. The Bertz CT molecular complexity index is 1240. The second kappa shape index (κ2) is 8.34. The fraction of sp³-hybridized carbons (Fsp3) is 0.167. The molecule has 4 heterocycles. The average molecular weight is 464 g/mol. The summed E-state index contributed by atoms with van der Waals surface area (Å²) in [5.41, 5.74) is -1.80. The number of halogens is 4. The summed E-state index contributed by atoms with van der Waals surface area (Å²) in [4.78, 5) is 30.1. The lowest BCUT2D eigenvalue weighted by Crippen LogP contribution is -2.44. The third kappa shape index (κ3) is 4.14. The summed E-state index contributed by atoms with van der Waals surface area (Å²) >= 11 is 5.88. The number of pyridine rings is 1. The van der Waals surface area contributed by atoms with Crippen molar-refractivity contribution in [2.45, 2.75) is 19.1 Å². The highest BCUT2D eigenvalue weighted by Gasteiger charge is 2.38. The number of hydrogen-bond donors (Lipinski definition) is 0. The SMILES string of the molecule is CC(c1ncn(-c2ncccn2)n1)N(C(=O)c1ccncc1C(F)(F)F)n1ccc(Cl)n1. The molecule has 0 spiro atoms. The molecule has 32 heavy (non-hydrogen) atoms. The van der Waals surface area contributed by atoms with Crippen molar-refractivity contribution in [1.82, 2.24) is 39.6 Å². The molecule has 1 amide bonds. The second-order valence-electron chi connectivity index (χ2n) is 6.40. The van der Waals surface area contributed by atoms with Crippen LogP contribution in [0, 0.1) is 0 Å². The third-order valence-corrected chi connectivity index (χ3v) is 4.54. The van der Waals surface area contributed by atoms with E-state index in [1.165, 1.54) is 42.6 Å². The molecule has 14 heteroatoms. The van der Waals surface area contributed by atoms with Crippen molar-refractivity contribution in [3.63, 3.8) is 0 Å². The molecule has 4 aromatic heterocycles. The lowest BCUT2D eigenvalue weighted by Gasteiger charge is -2.28. The molecule has 164 valence electrons. The molecule has 0 aliphatic rings. The van der Waals surface area contributed by atoms with E-state index in [-0.39, 0.29) is 16.9 Å². The molecule has 0 N–H and O–H groups in total. The van der Waals surface area contributed by atoms with Crippen molar-refractivity contribution in [2.75, 3.05) is 5.01 Å². The van der Waals surface area contributed by atoms with E-state index in [1.54, 1.807) is 6.07 Å². The first-order chi connectivity index (χ1) is 15.3. The molecule has 0 bridgehead atoms. The van der Waals surface area contributed by atoms with Crippen LogP contribution in [0.3, 0.4) is 0 Å². The first-order valence-electron chi connectivity index (χ1n) is 9.01. The minimum Gasteiger partial charge on any atom is -0.267 e. The van der Waals surface area contributed by atoms with Gasteiger partial charge >= 0.3 is 6.18 Å². The smallest absolute Gasteiger partial charge is 0.267 e. The number of aromatic nitrogens is 8. The van der Waals surface area contributed by atoms with Gasteiger partial charge in [0, 0.05) is 24.8 Å². The first-order valence-corrected chi connectivity index (χ1v) is 9.38. The third-order valence-electron chi connectivity index (χ3n) is 4.34. The maximum absolute atomic E-state index is 13.5. The molecule has 0 fully saturated rings. The van der Waals surface area contributed by atoms with Crippen molar-refractivity contribution in [3.8, 4) is 5.95 Å². The normalized spacial score (nSPS) is 12.5. The molecule has 4 rings (SSSR count). The van der Waals surface area contributed by atoms with Crippen molar-refractivity contribution in [3.05, 3.63) is 77.6 Å². The van der Waals surface area contributed by atoms with Gasteiger partial charge in [-0.1, -0.05) is 11.6 Å². The Morgan fingerprint density at radius 1 is 1.12 bits per heavy atom. The lowest BCUT2D eigenvalue weighted by atomic mass is 10.1. The number of carbonyl (C=O) groups excluding carboxylic acids is 1. The summed E-state index contributed by atoms with van der Waals surface area (Å²) in [6.45, 7) is 1.54. The Morgan fingerprint density at radius 3 is 2.53 bits per heavy atom. The minimum atomic E-state index is -4.79. The van der Waals surface area contributed by atoms with Gasteiger partial charge in [0.15, 0.2) is 11.0 Å². The predicted molar refractivity (Wildman–Crippen MR) is 104 cm³/mol. The molecule has 0 aromatic carbocycles. The van der Waals surface area contributed by atoms with E-state index in [4.69, 9.17) is 11.6 Å². The van der Waals surface area contributed by atoms with Crippen molar-refractivity contribution >= 4 is 17.5 Å².